The van der Waals surface area contributed by atoms with E-state index in [4.69, 9.17) is 17.7 Å². The number of ether oxygens (including phenoxy) is 2. The van der Waals surface area contributed by atoms with E-state index in [-0.39, 0.29) is 27.9 Å². The zero-order valence-corrected chi connectivity index (χ0v) is 39.9. The van der Waals surface area contributed by atoms with Crippen LogP contribution in [0.4, 0.5) is 0 Å². The number of carbonyl (C=O) groups is 2. The van der Waals surface area contributed by atoms with Gasteiger partial charge in [0.15, 0.2) is 36.2 Å². The molecule has 0 saturated heterocycles. The van der Waals surface area contributed by atoms with E-state index in [2.05, 4.69) is 93.7 Å². The topological polar surface area (TPSA) is 71.1 Å². The number of methoxy groups -OCH3 is 1. The smallest absolute Gasteiger partial charge is 0.310 e. The predicted octanol–water partition coefficient (Wildman–Crippen LogP) is 10.6. The Morgan fingerprint density at radius 1 is 0.898 bits per heavy atom. The highest BCUT2D eigenvalue weighted by atomic mass is 32.2. The molecule has 0 radical (unpaired) electrons. The Kier molecular flexibility index (Phi) is 20.8. The molecule has 1 rings (SSSR count). The van der Waals surface area contributed by atoms with Crippen molar-refractivity contribution in [1.82, 2.24) is 0 Å². The molecular weight excluding hydrogens is 697 g/mol. The fourth-order valence-corrected chi connectivity index (χ4v) is 19.1. The van der Waals surface area contributed by atoms with Crippen LogP contribution < -0.4 is 0 Å². The maximum Gasteiger partial charge on any atom is 0.310 e. The number of allylic oxidation sites excluding steroid dienone is 4. The molecule has 1 aliphatic rings. The molecule has 0 aromatic rings. The van der Waals surface area contributed by atoms with Crippen molar-refractivity contribution in [3.05, 3.63) is 22.8 Å². The zero-order chi connectivity index (χ0) is 37.5. The van der Waals surface area contributed by atoms with Crippen molar-refractivity contribution in [3.8, 4) is 0 Å². The summed E-state index contributed by atoms with van der Waals surface area (Å²) in [5.41, 5.74) is 0.721. The van der Waals surface area contributed by atoms with Crippen LogP contribution in [0, 0.1) is 11.8 Å². The number of hydrogen-bond acceptors (Lipinski definition) is 7. The minimum absolute atomic E-state index is 0.127. The van der Waals surface area contributed by atoms with Gasteiger partial charge in [0, 0.05) is 30.1 Å². The van der Waals surface area contributed by atoms with Crippen molar-refractivity contribution in [3.63, 3.8) is 0 Å². The van der Waals surface area contributed by atoms with E-state index in [1.807, 2.05) is 18.7 Å². The van der Waals surface area contributed by atoms with Gasteiger partial charge >= 0.3 is 11.9 Å². The van der Waals surface area contributed by atoms with Gasteiger partial charge in [-0.1, -0.05) is 100 Å². The second-order valence-corrected chi connectivity index (χ2v) is 34.1. The summed E-state index contributed by atoms with van der Waals surface area (Å²) in [6.45, 7) is 30.3. The van der Waals surface area contributed by atoms with Crippen molar-refractivity contribution >= 4 is 59.9 Å². The summed E-state index contributed by atoms with van der Waals surface area (Å²) in [4.78, 5) is 25.9. The third-order valence-electron chi connectivity index (χ3n) is 9.42. The van der Waals surface area contributed by atoms with Crippen LogP contribution in [0.3, 0.4) is 0 Å². The Morgan fingerprint density at radius 3 is 2.10 bits per heavy atom. The second-order valence-electron chi connectivity index (χ2n) is 18.0. The van der Waals surface area contributed by atoms with Gasteiger partial charge in [-0.2, -0.15) is 0 Å². The minimum Gasteiger partial charge on any atom is -0.469 e. The summed E-state index contributed by atoms with van der Waals surface area (Å²) < 4.78 is 25.1. The summed E-state index contributed by atoms with van der Waals surface area (Å²) in [6, 6.07) is 0. The van der Waals surface area contributed by atoms with Crippen LogP contribution in [0.2, 0.25) is 47.3 Å². The minimum atomic E-state index is -2.18. The first-order valence-electron chi connectivity index (χ1n) is 19.2. The number of thioether (sulfide) groups is 1. The lowest BCUT2D eigenvalue weighted by molar-refractivity contribution is -0.141. The maximum absolute atomic E-state index is 13.0. The van der Waals surface area contributed by atoms with Gasteiger partial charge in [-0.25, -0.2) is 0 Å². The lowest BCUT2D eigenvalue weighted by atomic mass is 9.97. The SMILES string of the molecule is CCCC[C@@H](C)C[C@@H](C=C[C@@H]1C(SCCCCCC(=O)OC)=C(OC(=O)CCC)C[C@H]1[Si](C)(C)O[SiH2]C(C)(C)C)[Si](C)(C)O[SiH2]C(C)(C)C. The van der Waals surface area contributed by atoms with E-state index in [1.165, 1.54) is 31.3 Å². The molecule has 0 heterocycles. The summed E-state index contributed by atoms with van der Waals surface area (Å²) >= 11 is 1.87. The van der Waals surface area contributed by atoms with Crippen LogP contribution in [0.1, 0.15) is 133 Å². The van der Waals surface area contributed by atoms with Gasteiger partial charge in [0.05, 0.1) is 7.11 Å². The lowest BCUT2D eigenvalue weighted by Crippen LogP contribution is -2.42. The summed E-state index contributed by atoms with van der Waals surface area (Å²) in [5, 5.41) is 0.469. The van der Waals surface area contributed by atoms with E-state index in [1.54, 1.807) is 0 Å². The van der Waals surface area contributed by atoms with Crippen molar-refractivity contribution < 1.29 is 27.3 Å². The highest BCUT2D eigenvalue weighted by Gasteiger charge is 2.47. The second kappa shape index (κ2) is 21.9. The Morgan fingerprint density at radius 2 is 1.53 bits per heavy atom. The largest absolute Gasteiger partial charge is 0.469 e. The number of unbranched alkanes of at least 4 members (excludes halogenated alkanes) is 3. The first kappa shape index (κ1) is 46.6. The summed E-state index contributed by atoms with van der Waals surface area (Å²) in [6.07, 6.45) is 15.2. The van der Waals surface area contributed by atoms with Gasteiger partial charge in [-0.15, -0.1) is 11.8 Å². The molecule has 0 saturated carbocycles. The van der Waals surface area contributed by atoms with Gasteiger partial charge in [0.1, 0.15) is 5.76 Å². The molecule has 6 nitrogen and oxygen atoms in total. The maximum atomic E-state index is 13.0. The summed E-state index contributed by atoms with van der Waals surface area (Å²) in [7, 11) is -4.19. The van der Waals surface area contributed by atoms with Crippen molar-refractivity contribution in [2.75, 3.05) is 12.9 Å². The fourth-order valence-electron chi connectivity index (χ4n) is 6.16. The summed E-state index contributed by atoms with van der Waals surface area (Å²) in [5.74, 6) is 2.35. The molecule has 0 aromatic heterocycles. The van der Waals surface area contributed by atoms with E-state index in [0.717, 1.165) is 50.0 Å². The number of hydrogen-bond donors (Lipinski definition) is 0. The molecule has 11 heteroatoms. The fraction of sp³-hybridized carbons (Fsp3) is 0.842. The average molecular weight is 773 g/mol. The standard InChI is InChI=1S/C38H76O6SSi4/c1-15-17-22-29(3)27-30(48(11,12)43-46-37(4,5)6)24-25-31-33(49(13,14)44-47-38(7,8)9)28-32(42-35(40)21-16-2)36(31)45-26-20-18-19-23-34(39)41-10/h24-25,29-31,33H,15-23,26-28,46-47H2,1-14H3/t29-,30-,31+,33-/m1/s1. The monoisotopic (exact) mass is 772 g/mol. The van der Waals surface area contributed by atoms with E-state index in [9.17, 15) is 9.59 Å². The lowest BCUT2D eigenvalue weighted by Gasteiger charge is -2.37. The van der Waals surface area contributed by atoms with Crippen LogP contribution in [0.5, 0.6) is 0 Å². The molecule has 4 atom stereocenters. The molecular formula is C38H76O6SSi4. The first-order chi connectivity index (χ1) is 22.7. The van der Waals surface area contributed by atoms with Gasteiger partial charge in [0.25, 0.3) is 0 Å². The molecule has 0 bridgehead atoms. The Balaban J connectivity index is 3.60. The van der Waals surface area contributed by atoms with Gasteiger partial charge < -0.3 is 17.7 Å². The third-order valence-corrected chi connectivity index (χ3v) is 24.1. The van der Waals surface area contributed by atoms with Crippen molar-refractivity contribution in [2.24, 2.45) is 11.8 Å². The molecule has 0 fully saturated rings. The van der Waals surface area contributed by atoms with E-state index >= 15 is 0 Å². The Bertz CT molecular complexity index is 1060. The molecule has 0 N–H and O–H groups in total. The predicted molar refractivity (Wildman–Crippen MR) is 223 cm³/mol. The molecule has 0 amide bonds. The first-order valence-corrected chi connectivity index (χ1v) is 28.8. The van der Waals surface area contributed by atoms with Gasteiger partial charge in [-0.05, 0) is 84.7 Å². The van der Waals surface area contributed by atoms with Crippen molar-refractivity contribution in [2.45, 2.75) is 180 Å². The number of carbonyl (C=O) groups excluding carboxylic acids is 2. The normalized spacial score (nSPS) is 19.6. The molecule has 0 spiro atoms. The highest BCUT2D eigenvalue weighted by Crippen LogP contribution is 2.53. The molecule has 0 aromatic carbocycles. The van der Waals surface area contributed by atoms with Crippen LogP contribution in [-0.4, -0.2) is 61.0 Å². The van der Waals surface area contributed by atoms with E-state index in [0.29, 0.717) is 29.8 Å². The third kappa shape index (κ3) is 18.7. The van der Waals surface area contributed by atoms with Gasteiger partial charge in [-0.3, -0.25) is 9.59 Å². The van der Waals surface area contributed by atoms with Crippen LogP contribution in [0.15, 0.2) is 22.8 Å². The molecule has 0 unspecified atom stereocenters. The number of rotatable bonds is 23. The quantitative estimate of drug-likeness (QED) is 0.0443. The molecule has 286 valence electrons. The van der Waals surface area contributed by atoms with Crippen LogP contribution >= 0.6 is 11.8 Å². The van der Waals surface area contributed by atoms with Crippen molar-refractivity contribution in [1.29, 1.82) is 0 Å². The Labute approximate surface area is 313 Å². The van der Waals surface area contributed by atoms with E-state index < -0.39 is 36.2 Å². The average Bonchev–Trinajstić information content (AvgIpc) is 3.34. The van der Waals surface area contributed by atoms with Crippen LogP contribution in [0.25, 0.3) is 0 Å². The number of esters is 2. The van der Waals surface area contributed by atoms with Gasteiger partial charge in [0.2, 0.25) is 0 Å². The highest BCUT2D eigenvalue weighted by molar-refractivity contribution is 8.03. The molecule has 1 aliphatic carbocycles. The Hall–Kier alpha value is -0.442. The van der Waals surface area contributed by atoms with Crippen LogP contribution in [-0.2, 0) is 27.3 Å². The molecule has 0 aliphatic heterocycles. The zero-order valence-electron chi connectivity index (χ0n) is 34.2. The molecule has 49 heavy (non-hydrogen) atoms.